The number of nitrogens with one attached hydrogen (secondary N) is 1. The quantitative estimate of drug-likeness (QED) is 0.634. The number of ether oxygens (including phenoxy) is 1. The second-order valence-electron chi connectivity index (χ2n) is 6.98. The zero-order valence-electron chi connectivity index (χ0n) is 15.9. The molecule has 1 amide bonds. The normalized spacial score (nSPS) is 14.6. The predicted octanol–water partition coefficient (Wildman–Crippen LogP) is 3.34. The van der Waals surface area contributed by atoms with Gasteiger partial charge in [0.05, 0.1) is 12.9 Å². The zero-order valence-corrected chi connectivity index (χ0v) is 15.9. The first kappa shape index (κ1) is 18.7. The molecule has 1 heterocycles. The molecule has 0 saturated carbocycles. The molecule has 0 radical (unpaired) electrons. The van der Waals surface area contributed by atoms with E-state index in [0.717, 1.165) is 46.5 Å². The summed E-state index contributed by atoms with van der Waals surface area (Å²) in [6.07, 6.45) is 7.51. The highest BCUT2D eigenvalue weighted by atomic mass is 16.5. The number of rotatable bonds is 6. The summed E-state index contributed by atoms with van der Waals surface area (Å²) in [6, 6.07) is 12.6. The van der Waals surface area contributed by atoms with Crippen LogP contribution in [0, 0.1) is 0 Å². The number of fused-ring (bicyclic) bond motifs is 1. The van der Waals surface area contributed by atoms with Crippen LogP contribution in [0.3, 0.4) is 0 Å². The van der Waals surface area contributed by atoms with E-state index in [1.54, 1.807) is 36.8 Å². The molecule has 0 unspecified atom stereocenters. The number of primary amides is 1. The van der Waals surface area contributed by atoms with E-state index in [9.17, 15) is 9.59 Å². The Labute approximate surface area is 168 Å². The molecule has 0 atom stereocenters. The minimum atomic E-state index is -0.463. The molecule has 1 aliphatic carbocycles. The molecule has 1 aliphatic rings. The third-order valence-corrected chi connectivity index (χ3v) is 5.01. The van der Waals surface area contributed by atoms with Crippen LogP contribution in [0.2, 0.25) is 0 Å². The van der Waals surface area contributed by atoms with E-state index in [4.69, 9.17) is 10.5 Å². The maximum absolute atomic E-state index is 12.9. The maximum atomic E-state index is 12.9. The summed E-state index contributed by atoms with van der Waals surface area (Å²) in [5.41, 5.74) is 10.1. The number of hydrogen-bond donors (Lipinski definition) is 2. The van der Waals surface area contributed by atoms with Gasteiger partial charge in [-0.05, 0) is 60.4 Å². The average Bonchev–Trinajstić information content (AvgIpc) is 3.24. The number of carbonyl (C=O) groups excluding carboxylic acids is 2. The average molecular weight is 387 g/mol. The lowest BCUT2D eigenvalue weighted by Gasteiger charge is -2.18. The lowest BCUT2D eigenvalue weighted by Crippen LogP contribution is -2.14. The van der Waals surface area contributed by atoms with E-state index in [-0.39, 0.29) is 5.78 Å². The molecule has 3 aromatic rings. The Hall–Kier alpha value is -3.67. The summed E-state index contributed by atoms with van der Waals surface area (Å²) in [7, 11) is 0. The molecular formula is C23H21N3O3. The van der Waals surface area contributed by atoms with Crippen LogP contribution in [-0.4, -0.2) is 28.3 Å². The van der Waals surface area contributed by atoms with E-state index in [1.807, 2.05) is 24.3 Å². The molecule has 2 aromatic carbocycles. The molecule has 6 nitrogen and oxygen atoms in total. The molecule has 6 heteroatoms. The van der Waals surface area contributed by atoms with Crippen molar-refractivity contribution < 1.29 is 14.3 Å². The zero-order chi connectivity index (χ0) is 20.2. The first-order valence-electron chi connectivity index (χ1n) is 9.48. The lowest BCUT2D eigenvalue weighted by atomic mass is 9.86. The number of aromatic amines is 1. The van der Waals surface area contributed by atoms with Crippen molar-refractivity contribution in [3.8, 4) is 5.75 Å². The Morgan fingerprint density at radius 3 is 2.72 bits per heavy atom. The molecule has 0 aliphatic heterocycles. The molecule has 0 bridgehead atoms. The Balaban J connectivity index is 1.45. The minimum Gasteiger partial charge on any atom is -0.493 e. The number of aromatic nitrogens is 2. The van der Waals surface area contributed by atoms with Gasteiger partial charge in [-0.25, -0.2) is 4.98 Å². The van der Waals surface area contributed by atoms with Gasteiger partial charge in [-0.3, -0.25) is 9.59 Å². The molecular weight excluding hydrogens is 366 g/mol. The maximum Gasteiger partial charge on any atom is 0.248 e. The molecule has 4 rings (SSSR count). The highest BCUT2D eigenvalue weighted by Crippen LogP contribution is 2.29. The SMILES string of the molecule is NC(=O)c1ccc(C=C2CCc3cc(OCCc4cnc[nH]4)ccc3C2=O)cc1. The number of nitrogens with two attached hydrogens (primary N) is 1. The largest absolute Gasteiger partial charge is 0.493 e. The number of imidazole rings is 1. The number of carbonyl (C=O) groups is 2. The van der Waals surface area contributed by atoms with Crippen LogP contribution in [-0.2, 0) is 12.8 Å². The van der Waals surface area contributed by atoms with Gasteiger partial charge in [0.25, 0.3) is 0 Å². The fourth-order valence-electron chi connectivity index (χ4n) is 3.43. The monoisotopic (exact) mass is 387 g/mol. The van der Waals surface area contributed by atoms with E-state index in [2.05, 4.69) is 9.97 Å². The van der Waals surface area contributed by atoms with Gasteiger partial charge in [0.15, 0.2) is 5.78 Å². The lowest BCUT2D eigenvalue weighted by molar-refractivity contribution is 0.0997. The van der Waals surface area contributed by atoms with Crippen LogP contribution in [0.25, 0.3) is 6.08 Å². The topological polar surface area (TPSA) is 98.1 Å². The second-order valence-corrected chi connectivity index (χ2v) is 6.98. The third kappa shape index (κ3) is 4.27. The van der Waals surface area contributed by atoms with Gasteiger partial charge < -0.3 is 15.5 Å². The molecule has 3 N–H and O–H groups in total. The van der Waals surface area contributed by atoms with Crippen LogP contribution >= 0.6 is 0 Å². The van der Waals surface area contributed by atoms with Crippen molar-refractivity contribution in [2.45, 2.75) is 19.3 Å². The fourth-order valence-corrected chi connectivity index (χ4v) is 3.43. The molecule has 1 aromatic heterocycles. The number of allylic oxidation sites excluding steroid dienone is 1. The smallest absolute Gasteiger partial charge is 0.248 e. The predicted molar refractivity (Wildman–Crippen MR) is 110 cm³/mol. The van der Waals surface area contributed by atoms with Gasteiger partial charge in [0.1, 0.15) is 5.75 Å². The van der Waals surface area contributed by atoms with E-state index >= 15 is 0 Å². The fraction of sp³-hybridized carbons (Fsp3) is 0.174. The van der Waals surface area contributed by atoms with E-state index in [0.29, 0.717) is 18.6 Å². The van der Waals surface area contributed by atoms with Crippen LogP contribution < -0.4 is 10.5 Å². The van der Waals surface area contributed by atoms with Gasteiger partial charge in [-0.1, -0.05) is 12.1 Å². The highest BCUT2D eigenvalue weighted by Gasteiger charge is 2.22. The Morgan fingerprint density at radius 2 is 2.00 bits per heavy atom. The van der Waals surface area contributed by atoms with E-state index in [1.165, 1.54) is 0 Å². The Bertz CT molecular complexity index is 1070. The first-order valence-corrected chi connectivity index (χ1v) is 9.48. The number of amides is 1. The van der Waals surface area contributed by atoms with Gasteiger partial charge >= 0.3 is 0 Å². The molecule has 0 saturated heterocycles. The third-order valence-electron chi connectivity index (χ3n) is 5.01. The highest BCUT2D eigenvalue weighted by molar-refractivity contribution is 6.13. The minimum absolute atomic E-state index is 0.0363. The van der Waals surface area contributed by atoms with E-state index < -0.39 is 5.91 Å². The summed E-state index contributed by atoms with van der Waals surface area (Å²) in [5.74, 6) is 0.342. The van der Waals surface area contributed by atoms with Crippen LogP contribution in [0.1, 0.15) is 44.0 Å². The van der Waals surface area contributed by atoms with Crippen molar-refractivity contribution in [2.24, 2.45) is 5.73 Å². The van der Waals surface area contributed by atoms with Gasteiger partial charge in [-0.15, -0.1) is 0 Å². The Morgan fingerprint density at radius 1 is 1.17 bits per heavy atom. The standard InChI is InChI=1S/C23H21N3O3/c24-23(28)16-3-1-15(2-4-16)11-18-6-5-17-12-20(7-8-21(17)22(18)27)29-10-9-19-13-25-14-26-19/h1-4,7-8,11-14H,5-6,9-10H2,(H2,24,28)(H,25,26). The number of ketones is 1. The van der Waals surface area contributed by atoms with Gasteiger partial charge in [0, 0.05) is 35.0 Å². The molecule has 0 fully saturated rings. The number of aryl methyl sites for hydroxylation is 1. The molecule has 0 spiro atoms. The second kappa shape index (κ2) is 8.14. The molecule has 29 heavy (non-hydrogen) atoms. The summed E-state index contributed by atoms with van der Waals surface area (Å²) in [5, 5.41) is 0. The number of hydrogen-bond acceptors (Lipinski definition) is 4. The van der Waals surface area contributed by atoms with Gasteiger partial charge in [0.2, 0.25) is 5.91 Å². The molecule has 146 valence electrons. The van der Waals surface area contributed by atoms with Crippen molar-refractivity contribution in [1.29, 1.82) is 0 Å². The van der Waals surface area contributed by atoms with Crippen molar-refractivity contribution in [2.75, 3.05) is 6.61 Å². The number of benzene rings is 2. The van der Waals surface area contributed by atoms with Crippen LogP contribution in [0.4, 0.5) is 0 Å². The van der Waals surface area contributed by atoms with Crippen LogP contribution in [0.5, 0.6) is 5.75 Å². The van der Waals surface area contributed by atoms with Crippen molar-refractivity contribution in [3.05, 3.63) is 88.5 Å². The Kier molecular flexibility index (Phi) is 5.24. The summed E-state index contributed by atoms with van der Waals surface area (Å²) >= 11 is 0. The summed E-state index contributed by atoms with van der Waals surface area (Å²) in [6.45, 7) is 0.543. The summed E-state index contributed by atoms with van der Waals surface area (Å²) < 4.78 is 5.82. The number of Topliss-reactive ketones (excluding diaryl/α,β-unsaturated/α-hetero) is 1. The van der Waals surface area contributed by atoms with Crippen molar-refractivity contribution in [1.82, 2.24) is 9.97 Å². The number of H-pyrrole nitrogens is 1. The number of nitrogens with zero attached hydrogens (tertiary/aromatic N) is 1. The van der Waals surface area contributed by atoms with Crippen molar-refractivity contribution in [3.63, 3.8) is 0 Å². The first-order chi connectivity index (χ1) is 14.1. The van der Waals surface area contributed by atoms with Crippen LogP contribution in [0.15, 0.2) is 60.6 Å². The van der Waals surface area contributed by atoms with Crippen molar-refractivity contribution >= 4 is 17.8 Å². The summed E-state index contributed by atoms with van der Waals surface area (Å²) in [4.78, 5) is 31.1. The van der Waals surface area contributed by atoms with Gasteiger partial charge in [-0.2, -0.15) is 0 Å².